The van der Waals surface area contributed by atoms with E-state index in [4.69, 9.17) is 16.3 Å². The van der Waals surface area contributed by atoms with Crippen LogP contribution < -0.4 is 10.1 Å². The van der Waals surface area contributed by atoms with E-state index in [1.54, 1.807) is 49.4 Å². The second-order valence-corrected chi connectivity index (χ2v) is 5.22. The topological polar surface area (TPSA) is 64.6 Å². The maximum atomic E-state index is 12.1. The number of esters is 1. The zero-order valence-corrected chi connectivity index (χ0v) is 13.5. The third kappa shape index (κ3) is 4.72. The van der Waals surface area contributed by atoms with Gasteiger partial charge in [-0.15, -0.1) is 0 Å². The van der Waals surface area contributed by atoms with Crippen molar-refractivity contribution in [3.05, 3.63) is 59.1 Å². The van der Waals surface area contributed by atoms with Gasteiger partial charge in [-0.05, 0) is 43.3 Å². The number of ether oxygens (including phenoxy) is 2. The molecule has 6 heteroatoms. The van der Waals surface area contributed by atoms with Gasteiger partial charge in [-0.25, -0.2) is 4.79 Å². The molecule has 1 N–H and O–H groups in total. The van der Waals surface area contributed by atoms with Crippen molar-refractivity contribution in [1.29, 1.82) is 0 Å². The van der Waals surface area contributed by atoms with Gasteiger partial charge in [0.05, 0.1) is 12.7 Å². The fraction of sp³-hybridized carbons (Fsp3) is 0.176. The van der Waals surface area contributed by atoms with Gasteiger partial charge < -0.3 is 14.8 Å². The second-order valence-electron chi connectivity index (χ2n) is 4.78. The minimum Gasteiger partial charge on any atom is -0.481 e. The van der Waals surface area contributed by atoms with Crippen LogP contribution in [-0.4, -0.2) is 25.1 Å². The van der Waals surface area contributed by atoms with Crippen LogP contribution in [-0.2, 0) is 9.53 Å². The average molecular weight is 334 g/mol. The smallest absolute Gasteiger partial charge is 0.337 e. The Balaban J connectivity index is 2.02. The molecule has 2 aromatic carbocycles. The van der Waals surface area contributed by atoms with Crippen molar-refractivity contribution >= 4 is 29.2 Å². The van der Waals surface area contributed by atoms with E-state index < -0.39 is 12.1 Å². The Morgan fingerprint density at radius 2 is 1.87 bits per heavy atom. The van der Waals surface area contributed by atoms with E-state index in [9.17, 15) is 9.59 Å². The molecule has 1 atom stereocenters. The van der Waals surface area contributed by atoms with Gasteiger partial charge in [-0.2, -0.15) is 0 Å². The summed E-state index contributed by atoms with van der Waals surface area (Å²) in [5.41, 5.74) is 0.939. The molecule has 0 spiro atoms. The predicted octanol–water partition coefficient (Wildman–Crippen LogP) is 3.53. The van der Waals surface area contributed by atoms with Gasteiger partial charge in [0.25, 0.3) is 5.91 Å². The van der Waals surface area contributed by atoms with Crippen molar-refractivity contribution < 1.29 is 19.1 Å². The Morgan fingerprint density at radius 1 is 1.13 bits per heavy atom. The first-order valence-corrected chi connectivity index (χ1v) is 7.29. The average Bonchev–Trinajstić information content (AvgIpc) is 2.54. The summed E-state index contributed by atoms with van der Waals surface area (Å²) >= 11 is 5.87. The highest BCUT2D eigenvalue weighted by molar-refractivity contribution is 6.30. The highest BCUT2D eigenvalue weighted by atomic mass is 35.5. The van der Waals surface area contributed by atoms with E-state index in [1.807, 2.05) is 0 Å². The minimum absolute atomic E-state index is 0.323. The number of benzene rings is 2. The monoisotopic (exact) mass is 333 g/mol. The first-order valence-electron chi connectivity index (χ1n) is 6.91. The number of nitrogens with one attached hydrogen (secondary N) is 1. The molecule has 0 aliphatic heterocycles. The molecule has 1 amide bonds. The molecule has 5 nitrogen and oxygen atoms in total. The second kappa shape index (κ2) is 7.65. The van der Waals surface area contributed by atoms with E-state index in [1.165, 1.54) is 13.2 Å². The molecule has 0 bridgehead atoms. The number of methoxy groups -OCH3 is 1. The van der Waals surface area contributed by atoms with Gasteiger partial charge in [-0.1, -0.05) is 23.7 Å². The molecule has 0 radical (unpaired) electrons. The first kappa shape index (κ1) is 16.8. The summed E-state index contributed by atoms with van der Waals surface area (Å²) in [5, 5.41) is 3.24. The molecule has 0 aliphatic rings. The molecule has 0 heterocycles. The SMILES string of the molecule is COC(=O)c1cccc(O[C@H](C)C(=O)Nc2cccc(Cl)c2)c1. The fourth-order valence-corrected chi connectivity index (χ4v) is 2.07. The Morgan fingerprint density at radius 3 is 2.57 bits per heavy atom. The zero-order valence-electron chi connectivity index (χ0n) is 12.7. The molecule has 0 saturated carbocycles. The molecule has 0 unspecified atom stereocenters. The van der Waals surface area contributed by atoms with Gasteiger partial charge in [0, 0.05) is 10.7 Å². The number of rotatable bonds is 5. The van der Waals surface area contributed by atoms with Gasteiger partial charge in [-0.3, -0.25) is 4.79 Å². The molecule has 0 saturated heterocycles. The molecule has 0 aliphatic carbocycles. The lowest BCUT2D eigenvalue weighted by Crippen LogP contribution is -2.30. The lowest BCUT2D eigenvalue weighted by molar-refractivity contribution is -0.122. The van der Waals surface area contributed by atoms with E-state index >= 15 is 0 Å². The Hall–Kier alpha value is -2.53. The number of hydrogen-bond donors (Lipinski definition) is 1. The van der Waals surface area contributed by atoms with Crippen LogP contribution in [0.4, 0.5) is 5.69 Å². The molecular formula is C17H16ClNO4. The highest BCUT2D eigenvalue weighted by Crippen LogP contribution is 2.18. The van der Waals surface area contributed by atoms with Crippen molar-refractivity contribution in [2.45, 2.75) is 13.0 Å². The van der Waals surface area contributed by atoms with E-state index in [2.05, 4.69) is 10.1 Å². The summed E-state index contributed by atoms with van der Waals surface area (Å²) in [5.74, 6) is -0.385. The molecule has 23 heavy (non-hydrogen) atoms. The molecule has 0 aromatic heterocycles. The number of carbonyl (C=O) groups is 2. The van der Waals surface area contributed by atoms with Crippen LogP contribution >= 0.6 is 11.6 Å². The van der Waals surface area contributed by atoms with Gasteiger partial charge in [0.2, 0.25) is 0 Å². The summed E-state index contributed by atoms with van der Waals surface area (Å²) in [4.78, 5) is 23.6. The molecular weight excluding hydrogens is 318 g/mol. The summed E-state index contributed by atoms with van der Waals surface area (Å²) in [6.07, 6.45) is -0.748. The largest absolute Gasteiger partial charge is 0.481 e. The standard InChI is InChI=1S/C17H16ClNO4/c1-11(16(20)19-14-7-4-6-13(18)10-14)23-15-8-3-5-12(9-15)17(21)22-2/h3-11H,1-2H3,(H,19,20)/t11-/m1/s1. The van der Waals surface area contributed by atoms with Crippen LogP contribution in [0.2, 0.25) is 5.02 Å². The fourth-order valence-electron chi connectivity index (χ4n) is 1.88. The summed E-state index contributed by atoms with van der Waals surface area (Å²) in [7, 11) is 1.30. The van der Waals surface area contributed by atoms with E-state index in [0.29, 0.717) is 22.0 Å². The Kier molecular flexibility index (Phi) is 5.60. The Labute approximate surface area is 139 Å². The molecule has 2 rings (SSSR count). The molecule has 0 fully saturated rings. The van der Waals surface area contributed by atoms with Crippen LogP contribution in [0.5, 0.6) is 5.75 Å². The van der Waals surface area contributed by atoms with Crippen molar-refractivity contribution in [2.24, 2.45) is 0 Å². The predicted molar refractivity (Wildman–Crippen MR) is 88.0 cm³/mol. The van der Waals surface area contributed by atoms with E-state index in [-0.39, 0.29) is 5.91 Å². The third-order valence-electron chi connectivity index (χ3n) is 3.03. The molecule has 120 valence electrons. The van der Waals surface area contributed by atoms with Gasteiger partial charge >= 0.3 is 5.97 Å². The normalized spacial score (nSPS) is 11.4. The minimum atomic E-state index is -0.748. The summed E-state index contributed by atoms with van der Waals surface area (Å²) in [6, 6.07) is 13.3. The first-order chi connectivity index (χ1) is 11.0. The van der Waals surface area contributed by atoms with Gasteiger partial charge in [0.15, 0.2) is 6.10 Å². The van der Waals surface area contributed by atoms with Crippen LogP contribution in [0.3, 0.4) is 0 Å². The third-order valence-corrected chi connectivity index (χ3v) is 3.26. The Bertz CT molecular complexity index is 717. The van der Waals surface area contributed by atoms with E-state index in [0.717, 1.165) is 0 Å². The maximum Gasteiger partial charge on any atom is 0.337 e. The van der Waals surface area contributed by atoms with Crippen LogP contribution in [0.1, 0.15) is 17.3 Å². The highest BCUT2D eigenvalue weighted by Gasteiger charge is 2.16. The number of carbonyl (C=O) groups excluding carboxylic acids is 2. The number of hydrogen-bond acceptors (Lipinski definition) is 4. The maximum absolute atomic E-state index is 12.1. The van der Waals surface area contributed by atoms with Crippen molar-refractivity contribution in [3.8, 4) is 5.75 Å². The summed E-state index contributed by atoms with van der Waals surface area (Å²) < 4.78 is 10.2. The van der Waals surface area contributed by atoms with Crippen molar-refractivity contribution in [1.82, 2.24) is 0 Å². The van der Waals surface area contributed by atoms with Crippen LogP contribution in [0.15, 0.2) is 48.5 Å². The lowest BCUT2D eigenvalue weighted by Gasteiger charge is -2.15. The summed E-state index contributed by atoms with van der Waals surface area (Å²) in [6.45, 7) is 1.62. The van der Waals surface area contributed by atoms with Crippen LogP contribution in [0, 0.1) is 0 Å². The van der Waals surface area contributed by atoms with Crippen molar-refractivity contribution in [2.75, 3.05) is 12.4 Å². The lowest BCUT2D eigenvalue weighted by atomic mass is 10.2. The zero-order chi connectivity index (χ0) is 16.8. The van der Waals surface area contributed by atoms with Gasteiger partial charge in [0.1, 0.15) is 5.75 Å². The number of amides is 1. The number of anilines is 1. The number of halogens is 1. The molecule has 2 aromatic rings. The van der Waals surface area contributed by atoms with Crippen molar-refractivity contribution in [3.63, 3.8) is 0 Å². The van der Waals surface area contributed by atoms with Crippen LogP contribution in [0.25, 0.3) is 0 Å². The quantitative estimate of drug-likeness (QED) is 0.850.